The molecule has 0 spiro atoms. The van der Waals surface area contributed by atoms with Gasteiger partial charge in [0, 0.05) is 0 Å². The summed E-state index contributed by atoms with van der Waals surface area (Å²) in [5.41, 5.74) is 0. The van der Waals surface area contributed by atoms with Crippen LogP contribution >= 0.6 is 0 Å². The third-order valence-corrected chi connectivity index (χ3v) is 2.99. The molecule has 0 heterocycles. The van der Waals surface area contributed by atoms with Crippen LogP contribution in [0.5, 0.6) is 0 Å². The number of aliphatic hydroxyl groups is 10. The van der Waals surface area contributed by atoms with Crippen molar-refractivity contribution in [2.45, 2.75) is 48.8 Å². The molecule has 171 valence electrons. The molecule has 0 saturated heterocycles. The number of carbonyl (C=O) groups excluding carboxylic acids is 2. The molecular formula is C12H24CoO15. The molecule has 0 unspecified atom stereocenters. The standard InChI is InChI=1S/2C6H12O7.Co.H2O/c2*7-1-2(8)3(9)4(10)5(11)6(12)13;;/h2*2-5,7-11H,1H2,(H,12,13);;1H2/q;;+2;/p-2/t2*2-,3-,4+,5-;;/m11../s1. The van der Waals surface area contributed by atoms with Crippen molar-refractivity contribution in [3.05, 3.63) is 0 Å². The Kier molecular flexibility index (Phi) is 20.8. The zero-order chi connectivity index (χ0) is 21.2. The van der Waals surface area contributed by atoms with E-state index in [9.17, 15) is 19.8 Å². The monoisotopic (exact) mass is 467 g/mol. The Morgan fingerprint density at radius 2 is 0.821 bits per heavy atom. The second-order valence-corrected chi connectivity index (χ2v) is 4.99. The minimum absolute atomic E-state index is 0. The average Bonchev–Trinajstić information content (AvgIpc) is 2.62. The molecule has 16 heteroatoms. The van der Waals surface area contributed by atoms with Crippen molar-refractivity contribution < 1.29 is 93.1 Å². The fraction of sp³-hybridized carbons (Fsp3) is 0.833. The van der Waals surface area contributed by atoms with E-state index < -0.39 is 74.0 Å². The van der Waals surface area contributed by atoms with Crippen LogP contribution in [0, 0.1) is 0 Å². The normalized spacial score (nSPS) is 18.9. The Morgan fingerprint density at radius 3 is 0.964 bits per heavy atom. The molecule has 0 saturated carbocycles. The molecule has 0 amide bonds. The molecule has 8 atom stereocenters. The topological polar surface area (TPSA) is 314 Å². The Balaban J connectivity index is -0.000000192. The van der Waals surface area contributed by atoms with Crippen molar-refractivity contribution in [2.24, 2.45) is 0 Å². The summed E-state index contributed by atoms with van der Waals surface area (Å²) in [6.45, 7) is -1.73. The molecule has 15 nitrogen and oxygen atoms in total. The quantitative estimate of drug-likeness (QED) is 0.143. The van der Waals surface area contributed by atoms with Crippen LogP contribution in [0.25, 0.3) is 0 Å². The van der Waals surface area contributed by atoms with Gasteiger partial charge >= 0.3 is 16.8 Å². The molecular weight excluding hydrogens is 443 g/mol. The molecule has 0 fully saturated rings. The van der Waals surface area contributed by atoms with Crippen LogP contribution in [0.2, 0.25) is 0 Å². The summed E-state index contributed by atoms with van der Waals surface area (Å²) in [6, 6.07) is 0. The van der Waals surface area contributed by atoms with Crippen molar-refractivity contribution in [2.75, 3.05) is 13.2 Å². The first-order chi connectivity index (χ1) is 11.8. The molecule has 1 radical (unpaired) electrons. The zero-order valence-electron chi connectivity index (χ0n) is 14.0. The van der Waals surface area contributed by atoms with E-state index in [2.05, 4.69) is 0 Å². The summed E-state index contributed by atoms with van der Waals surface area (Å²) in [5, 5.41) is 107. The second-order valence-electron chi connectivity index (χ2n) is 4.99. The largest absolute Gasteiger partial charge is 2.00 e. The average molecular weight is 467 g/mol. The van der Waals surface area contributed by atoms with Crippen molar-refractivity contribution in [3.63, 3.8) is 0 Å². The van der Waals surface area contributed by atoms with E-state index in [1.807, 2.05) is 0 Å². The summed E-state index contributed by atoms with van der Waals surface area (Å²) >= 11 is 0. The van der Waals surface area contributed by atoms with Gasteiger partial charge in [-0.3, -0.25) is 0 Å². The van der Waals surface area contributed by atoms with Gasteiger partial charge in [0.1, 0.15) is 48.8 Å². The maximum absolute atomic E-state index is 9.98. The van der Waals surface area contributed by atoms with Crippen LogP contribution in [-0.2, 0) is 26.4 Å². The van der Waals surface area contributed by atoms with Gasteiger partial charge in [-0.1, -0.05) is 0 Å². The van der Waals surface area contributed by atoms with Gasteiger partial charge in [-0.2, -0.15) is 0 Å². The van der Waals surface area contributed by atoms with Gasteiger partial charge < -0.3 is 76.3 Å². The van der Waals surface area contributed by atoms with Crippen LogP contribution in [0.15, 0.2) is 0 Å². The number of carboxylic acids is 2. The smallest absolute Gasteiger partial charge is 0.547 e. The SMILES string of the molecule is O.O=C([O-])[C@H](O)[C@@H](O)[C@H](O)[C@H](O)CO.O=C([O-])[C@H](O)[C@@H](O)[C@H](O)[C@H](O)CO.[Co+2]. The molecule has 0 rings (SSSR count). The van der Waals surface area contributed by atoms with E-state index in [1.54, 1.807) is 0 Å². The van der Waals surface area contributed by atoms with E-state index in [1.165, 1.54) is 0 Å². The molecule has 0 aliphatic rings. The molecule has 0 bridgehead atoms. The molecule has 0 aromatic carbocycles. The minimum Gasteiger partial charge on any atom is -0.547 e. The Morgan fingerprint density at radius 1 is 0.607 bits per heavy atom. The first-order valence-electron chi connectivity index (χ1n) is 6.91. The van der Waals surface area contributed by atoms with Crippen molar-refractivity contribution in [3.8, 4) is 0 Å². The number of hydrogen-bond donors (Lipinski definition) is 10. The van der Waals surface area contributed by atoms with Gasteiger partial charge in [0.05, 0.1) is 25.2 Å². The molecule has 12 N–H and O–H groups in total. The fourth-order valence-corrected chi connectivity index (χ4v) is 1.32. The van der Waals surface area contributed by atoms with Crippen LogP contribution in [-0.4, -0.2) is 131 Å². The van der Waals surface area contributed by atoms with E-state index >= 15 is 0 Å². The van der Waals surface area contributed by atoms with Gasteiger partial charge in [0.15, 0.2) is 0 Å². The maximum atomic E-state index is 9.98. The fourth-order valence-electron chi connectivity index (χ4n) is 1.32. The third kappa shape index (κ3) is 11.8. The van der Waals surface area contributed by atoms with E-state index in [-0.39, 0.29) is 22.3 Å². The summed E-state index contributed by atoms with van der Waals surface area (Å²) in [7, 11) is 0. The van der Waals surface area contributed by atoms with Gasteiger partial charge in [0.2, 0.25) is 0 Å². The maximum Gasteiger partial charge on any atom is 2.00 e. The Hall–Kier alpha value is -0.994. The predicted octanol–water partition coefficient (Wildman–Crippen LogP) is -10.5. The van der Waals surface area contributed by atoms with E-state index in [0.29, 0.717) is 0 Å². The number of aliphatic hydroxyl groups excluding tert-OH is 10. The molecule has 0 aliphatic heterocycles. The van der Waals surface area contributed by atoms with Crippen LogP contribution in [0.4, 0.5) is 0 Å². The van der Waals surface area contributed by atoms with E-state index in [0.717, 1.165) is 0 Å². The van der Waals surface area contributed by atoms with Crippen molar-refractivity contribution in [1.29, 1.82) is 0 Å². The number of carboxylic acid groups (broad SMARTS) is 2. The number of aliphatic carboxylic acids is 2. The minimum atomic E-state index is -2.31. The summed E-state index contributed by atoms with van der Waals surface area (Å²) in [5.74, 6) is -3.95. The molecule has 0 aromatic heterocycles. The van der Waals surface area contributed by atoms with E-state index in [4.69, 9.17) is 51.1 Å². The van der Waals surface area contributed by atoms with Crippen LogP contribution in [0.3, 0.4) is 0 Å². The van der Waals surface area contributed by atoms with Crippen molar-refractivity contribution >= 4 is 11.9 Å². The third-order valence-electron chi connectivity index (χ3n) is 2.99. The van der Waals surface area contributed by atoms with Crippen molar-refractivity contribution in [1.82, 2.24) is 0 Å². The molecule has 0 aliphatic carbocycles. The number of hydrogen-bond acceptors (Lipinski definition) is 14. The number of carbonyl (C=O) groups is 2. The van der Waals surface area contributed by atoms with Gasteiger partial charge in [-0.25, -0.2) is 0 Å². The van der Waals surface area contributed by atoms with Gasteiger partial charge in [-0.05, 0) is 0 Å². The summed E-state index contributed by atoms with van der Waals surface area (Å²) < 4.78 is 0. The van der Waals surface area contributed by atoms with Crippen LogP contribution in [0.1, 0.15) is 0 Å². The Bertz CT molecular complexity index is 386. The van der Waals surface area contributed by atoms with Gasteiger partial charge in [0.25, 0.3) is 0 Å². The summed E-state index contributed by atoms with van der Waals surface area (Å²) in [4.78, 5) is 20.0. The zero-order valence-corrected chi connectivity index (χ0v) is 15.0. The molecule has 28 heavy (non-hydrogen) atoms. The predicted molar refractivity (Wildman–Crippen MR) is 75.9 cm³/mol. The Labute approximate surface area is 167 Å². The second kappa shape index (κ2) is 16.9. The molecule has 0 aromatic rings. The number of rotatable bonds is 10. The van der Waals surface area contributed by atoms with Crippen LogP contribution < -0.4 is 10.2 Å². The first-order valence-corrected chi connectivity index (χ1v) is 6.91. The first kappa shape index (κ1) is 34.5. The van der Waals surface area contributed by atoms with Gasteiger partial charge in [-0.15, -0.1) is 0 Å². The summed E-state index contributed by atoms with van der Waals surface area (Å²) in [6.07, 6.45) is -16.2.